The van der Waals surface area contributed by atoms with Crippen molar-refractivity contribution in [1.82, 2.24) is 0 Å². The van der Waals surface area contributed by atoms with Crippen LogP contribution in [0.15, 0.2) is 42.5 Å². The van der Waals surface area contributed by atoms with E-state index in [2.05, 4.69) is 19.2 Å². The molecule has 22 heavy (non-hydrogen) atoms. The smallest absolute Gasteiger partial charge is 0.293 e. The van der Waals surface area contributed by atoms with Crippen LogP contribution in [0.4, 0.5) is 17.1 Å². The van der Waals surface area contributed by atoms with Crippen molar-refractivity contribution in [3.63, 3.8) is 0 Å². The first-order valence-corrected chi connectivity index (χ1v) is 6.83. The fourth-order valence-corrected chi connectivity index (χ4v) is 2.07. The Morgan fingerprint density at radius 1 is 1.23 bits per heavy atom. The van der Waals surface area contributed by atoms with Crippen LogP contribution in [-0.2, 0) is 0 Å². The van der Waals surface area contributed by atoms with Crippen LogP contribution in [0.3, 0.4) is 0 Å². The van der Waals surface area contributed by atoms with Gasteiger partial charge >= 0.3 is 0 Å². The fraction of sp³-hybridized carbons (Fsp3) is 0.188. The Bertz CT molecular complexity index is 726. The van der Waals surface area contributed by atoms with E-state index in [9.17, 15) is 14.9 Å². The number of hydrogen-bond acceptors (Lipinski definition) is 4. The Balaban J connectivity index is 2.39. The average molecular weight is 299 g/mol. The van der Waals surface area contributed by atoms with Gasteiger partial charge in [-0.3, -0.25) is 14.9 Å². The third kappa shape index (κ3) is 3.41. The highest BCUT2D eigenvalue weighted by atomic mass is 16.6. The van der Waals surface area contributed by atoms with Crippen LogP contribution < -0.4 is 11.1 Å². The van der Waals surface area contributed by atoms with Crippen LogP contribution in [0.1, 0.15) is 35.7 Å². The third-order valence-corrected chi connectivity index (χ3v) is 3.31. The van der Waals surface area contributed by atoms with E-state index in [0.717, 1.165) is 11.3 Å². The second kappa shape index (κ2) is 6.26. The lowest BCUT2D eigenvalue weighted by Crippen LogP contribution is -2.11. The summed E-state index contributed by atoms with van der Waals surface area (Å²) in [4.78, 5) is 21.8. The summed E-state index contributed by atoms with van der Waals surface area (Å²) >= 11 is 0. The van der Waals surface area contributed by atoms with Crippen LogP contribution in [0.5, 0.6) is 0 Å². The van der Waals surface area contributed by atoms with Gasteiger partial charge in [0.1, 0.15) is 5.69 Å². The van der Waals surface area contributed by atoms with Gasteiger partial charge in [0.15, 0.2) is 0 Å². The second-order valence-electron chi connectivity index (χ2n) is 5.26. The lowest BCUT2D eigenvalue weighted by atomic mass is 10.0. The molecule has 0 saturated carbocycles. The van der Waals surface area contributed by atoms with Gasteiger partial charge in [0.2, 0.25) is 5.91 Å². The largest absolute Gasteiger partial charge is 0.366 e. The summed E-state index contributed by atoms with van der Waals surface area (Å²) in [5, 5.41) is 14.2. The van der Waals surface area contributed by atoms with Crippen molar-refractivity contribution in [2.24, 2.45) is 5.73 Å². The zero-order chi connectivity index (χ0) is 16.3. The Kier molecular flexibility index (Phi) is 4.41. The molecule has 6 heteroatoms. The number of nitro groups is 1. The number of hydrogen-bond donors (Lipinski definition) is 2. The predicted octanol–water partition coefficient (Wildman–Crippen LogP) is 3.56. The number of carbonyl (C=O) groups is 1. The number of primary amides is 1. The molecule has 0 aromatic heterocycles. The number of amides is 1. The molecule has 1 amide bonds. The van der Waals surface area contributed by atoms with E-state index in [4.69, 9.17) is 5.73 Å². The van der Waals surface area contributed by atoms with Crippen LogP contribution in [0.25, 0.3) is 0 Å². The van der Waals surface area contributed by atoms with E-state index in [0.29, 0.717) is 11.6 Å². The predicted molar refractivity (Wildman–Crippen MR) is 85.4 cm³/mol. The van der Waals surface area contributed by atoms with E-state index >= 15 is 0 Å². The summed E-state index contributed by atoms with van der Waals surface area (Å²) in [5.74, 6) is -0.342. The minimum Gasteiger partial charge on any atom is -0.366 e. The summed E-state index contributed by atoms with van der Waals surface area (Å²) in [6, 6.07) is 11.8. The molecule has 0 heterocycles. The zero-order valence-corrected chi connectivity index (χ0v) is 12.4. The monoisotopic (exact) mass is 299 g/mol. The molecule has 2 aromatic rings. The first kappa shape index (κ1) is 15.5. The Labute approximate surface area is 128 Å². The molecule has 0 saturated heterocycles. The van der Waals surface area contributed by atoms with E-state index in [1.54, 1.807) is 0 Å². The van der Waals surface area contributed by atoms with E-state index in [-0.39, 0.29) is 11.3 Å². The third-order valence-electron chi connectivity index (χ3n) is 3.31. The van der Waals surface area contributed by atoms with Crippen molar-refractivity contribution in [3.05, 3.63) is 63.7 Å². The topological polar surface area (TPSA) is 98.3 Å². The number of nitrogens with two attached hydrogens (primary N) is 1. The molecule has 3 N–H and O–H groups in total. The number of carbonyl (C=O) groups excluding carboxylic acids is 1. The summed E-state index contributed by atoms with van der Waals surface area (Å²) in [6.07, 6.45) is 0. The lowest BCUT2D eigenvalue weighted by molar-refractivity contribution is -0.383. The highest BCUT2D eigenvalue weighted by Crippen LogP contribution is 2.29. The Morgan fingerprint density at radius 3 is 2.55 bits per heavy atom. The number of nitro benzene ring substituents is 1. The van der Waals surface area contributed by atoms with Gasteiger partial charge in [-0.2, -0.15) is 0 Å². The van der Waals surface area contributed by atoms with Crippen LogP contribution >= 0.6 is 0 Å². The quantitative estimate of drug-likeness (QED) is 0.651. The number of nitrogens with one attached hydrogen (secondary N) is 1. The molecular formula is C16H17N3O3. The molecule has 0 aliphatic heterocycles. The van der Waals surface area contributed by atoms with Gasteiger partial charge in [-0.25, -0.2) is 0 Å². The number of benzene rings is 2. The number of anilines is 2. The summed E-state index contributed by atoms with van der Waals surface area (Å²) in [6.45, 7) is 4.15. The molecule has 0 aliphatic carbocycles. The average Bonchev–Trinajstić information content (AvgIpc) is 2.47. The van der Waals surface area contributed by atoms with Crippen molar-refractivity contribution < 1.29 is 9.72 Å². The molecule has 0 fully saturated rings. The number of rotatable bonds is 5. The van der Waals surface area contributed by atoms with Gasteiger partial charge in [0.25, 0.3) is 5.69 Å². The SMILES string of the molecule is CC(C)c1cccc(Nc2ccc(C(N)=O)cc2[N+](=O)[O-])c1. The standard InChI is InChI=1S/C16H17N3O3/c1-10(2)11-4-3-5-13(8-11)18-14-7-6-12(16(17)20)9-15(14)19(21)22/h3-10,18H,1-2H3,(H2,17,20). The molecule has 0 spiro atoms. The first-order valence-electron chi connectivity index (χ1n) is 6.83. The molecule has 0 radical (unpaired) electrons. The summed E-state index contributed by atoms with van der Waals surface area (Å²) in [7, 11) is 0. The van der Waals surface area contributed by atoms with Gasteiger partial charge < -0.3 is 11.1 Å². The molecule has 2 rings (SSSR count). The highest BCUT2D eigenvalue weighted by Gasteiger charge is 2.16. The Hall–Kier alpha value is -2.89. The van der Waals surface area contributed by atoms with Gasteiger partial charge in [0, 0.05) is 17.3 Å². The van der Waals surface area contributed by atoms with Crippen molar-refractivity contribution in [2.75, 3.05) is 5.32 Å². The van der Waals surface area contributed by atoms with E-state index < -0.39 is 10.8 Å². The normalized spacial score (nSPS) is 10.5. The minimum atomic E-state index is -0.698. The molecular weight excluding hydrogens is 282 g/mol. The van der Waals surface area contributed by atoms with Crippen molar-refractivity contribution in [2.45, 2.75) is 19.8 Å². The molecule has 2 aromatic carbocycles. The molecule has 114 valence electrons. The molecule has 0 aliphatic rings. The summed E-state index contributed by atoms with van der Waals surface area (Å²) in [5.41, 5.74) is 7.27. The lowest BCUT2D eigenvalue weighted by Gasteiger charge is -2.11. The maximum absolute atomic E-state index is 11.2. The van der Waals surface area contributed by atoms with E-state index in [1.807, 2.05) is 24.3 Å². The van der Waals surface area contributed by atoms with Gasteiger partial charge in [-0.05, 0) is 35.7 Å². The van der Waals surface area contributed by atoms with Gasteiger partial charge in [0.05, 0.1) is 4.92 Å². The maximum Gasteiger partial charge on any atom is 0.293 e. The molecule has 0 unspecified atom stereocenters. The van der Waals surface area contributed by atoms with Crippen molar-refractivity contribution in [1.29, 1.82) is 0 Å². The molecule has 6 nitrogen and oxygen atoms in total. The van der Waals surface area contributed by atoms with Crippen molar-refractivity contribution >= 4 is 23.0 Å². The van der Waals surface area contributed by atoms with Gasteiger partial charge in [-0.1, -0.05) is 26.0 Å². The maximum atomic E-state index is 11.2. The first-order chi connectivity index (χ1) is 10.4. The minimum absolute atomic E-state index is 0.105. The van der Waals surface area contributed by atoms with Crippen LogP contribution in [0, 0.1) is 10.1 Å². The second-order valence-corrected chi connectivity index (χ2v) is 5.26. The highest BCUT2D eigenvalue weighted by molar-refractivity contribution is 5.94. The molecule has 0 bridgehead atoms. The summed E-state index contributed by atoms with van der Waals surface area (Å²) < 4.78 is 0. The fourth-order valence-electron chi connectivity index (χ4n) is 2.07. The van der Waals surface area contributed by atoms with Crippen molar-refractivity contribution in [3.8, 4) is 0 Å². The number of nitrogens with zero attached hydrogens (tertiary/aromatic N) is 1. The van der Waals surface area contributed by atoms with Crippen LogP contribution in [0.2, 0.25) is 0 Å². The zero-order valence-electron chi connectivity index (χ0n) is 12.4. The van der Waals surface area contributed by atoms with Crippen LogP contribution in [-0.4, -0.2) is 10.8 Å². The Morgan fingerprint density at radius 2 is 1.95 bits per heavy atom. The van der Waals surface area contributed by atoms with Gasteiger partial charge in [-0.15, -0.1) is 0 Å². The molecule has 0 atom stereocenters. The van der Waals surface area contributed by atoms with E-state index in [1.165, 1.54) is 18.2 Å².